The molecule has 0 saturated heterocycles. The maximum absolute atomic E-state index is 12.1. The van der Waals surface area contributed by atoms with Gasteiger partial charge in [-0.15, -0.1) is 35.3 Å². The van der Waals surface area contributed by atoms with Crippen LogP contribution < -0.4 is 16.0 Å². The standard InChI is InChI=1S/C18H24BrN5OS.HI/c1-12-10-14(19)4-5-16(12)24-17(25)7-9-22-18(20-3)21-8-6-15-11-26-13(2)23-15;/h4-5,10-11H,6-9H2,1-3H3,(H,24,25)(H2,20,21,22);1H. The average molecular weight is 566 g/mol. The number of nitrogens with zero attached hydrogens (tertiary/aromatic N) is 2. The summed E-state index contributed by atoms with van der Waals surface area (Å²) in [5, 5.41) is 12.5. The normalized spacial score (nSPS) is 10.9. The largest absolute Gasteiger partial charge is 0.356 e. The number of anilines is 1. The molecule has 0 unspecified atom stereocenters. The zero-order chi connectivity index (χ0) is 18.9. The summed E-state index contributed by atoms with van der Waals surface area (Å²) in [5.74, 6) is 0.654. The molecule has 3 N–H and O–H groups in total. The number of carbonyl (C=O) groups is 1. The summed E-state index contributed by atoms with van der Waals surface area (Å²) < 4.78 is 0.998. The monoisotopic (exact) mass is 565 g/mol. The zero-order valence-electron chi connectivity index (χ0n) is 15.6. The van der Waals surface area contributed by atoms with Gasteiger partial charge in [-0.25, -0.2) is 4.98 Å². The van der Waals surface area contributed by atoms with Crippen molar-refractivity contribution in [1.29, 1.82) is 0 Å². The molecular formula is C18H25BrIN5OS. The second-order valence-corrected chi connectivity index (χ2v) is 7.77. The first-order valence-electron chi connectivity index (χ1n) is 8.39. The summed E-state index contributed by atoms with van der Waals surface area (Å²) in [6.45, 7) is 5.22. The number of thiazole rings is 1. The van der Waals surface area contributed by atoms with Crippen molar-refractivity contribution in [2.75, 3.05) is 25.5 Å². The minimum Gasteiger partial charge on any atom is -0.356 e. The van der Waals surface area contributed by atoms with Gasteiger partial charge in [0, 0.05) is 48.5 Å². The molecule has 1 aromatic carbocycles. The molecule has 148 valence electrons. The van der Waals surface area contributed by atoms with Crippen LogP contribution in [0.25, 0.3) is 0 Å². The summed E-state index contributed by atoms with van der Waals surface area (Å²) in [5.41, 5.74) is 2.94. The molecule has 0 aliphatic rings. The van der Waals surface area contributed by atoms with Gasteiger partial charge in [0.05, 0.1) is 10.7 Å². The van der Waals surface area contributed by atoms with Crippen LogP contribution in [0.4, 0.5) is 5.69 Å². The number of aromatic nitrogens is 1. The molecule has 0 saturated carbocycles. The summed E-state index contributed by atoms with van der Waals surface area (Å²) in [6, 6.07) is 5.78. The Hall–Kier alpha value is -1.20. The lowest BCUT2D eigenvalue weighted by atomic mass is 10.2. The van der Waals surface area contributed by atoms with E-state index in [0.717, 1.165) is 39.4 Å². The molecule has 6 nitrogen and oxygen atoms in total. The Morgan fingerprint density at radius 3 is 2.63 bits per heavy atom. The van der Waals surface area contributed by atoms with Gasteiger partial charge in [-0.3, -0.25) is 9.79 Å². The molecule has 0 aliphatic carbocycles. The molecule has 2 rings (SSSR count). The van der Waals surface area contributed by atoms with Crippen molar-refractivity contribution in [2.24, 2.45) is 4.99 Å². The third-order valence-electron chi connectivity index (χ3n) is 3.67. The summed E-state index contributed by atoms with van der Waals surface area (Å²) in [7, 11) is 1.72. The first-order chi connectivity index (χ1) is 12.5. The van der Waals surface area contributed by atoms with Gasteiger partial charge in [-0.1, -0.05) is 15.9 Å². The van der Waals surface area contributed by atoms with Gasteiger partial charge in [0.1, 0.15) is 0 Å². The van der Waals surface area contributed by atoms with E-state index in [1.54, 1.807) is 18.4 Å². The molecule has 1 amide bonds. The van der Waals surface area contributed by atoms with Crippen LogP contribution in [0.5, 0.6) is 0 Å². The van der Waals surface area contributed by atoms with Crippen molar-refractivity contribution < 1.29 is 4.79 Å². The highest BCUT2D eigenvalue weighted by Crippen LogP contribution is 2.20. The number of hydrogen-bond acceptors (Lipinski definition) is 4. The number of amides is 1. The van der Waals surface area contributed by atoms with Gasteiger partial charge in [-0.2, -0.15) is 0 Å². The number of guanidine groups is 1. The quantitative estimate of drug-likeness (QED) is 0.270. The smallest absolute Gasteiger partial charge is 0.226 e. The molecule has 0 bridgehead atoms. The van der Waals surface area contributed by atoms with Crippen molar-refractivity contribution in [3.63, 3.8) is 0 Å². The lowest BCUT2D eigenvalue weighted by Crippen LogP contribution is -2.39. The van der Waals surface area contributed by atoms with Crippen LogP contribution in [0, 0.1) is 13.8 Å². The third-order valence-corrected chi connectivity index (χ3v) is 4.99. The molecule has 27 heavy (non-hydrogen) atoms. The van der Waals surface area contributed by atoms with E-state index in [4.69, 9.17) is 0 Å². The minimum atomic E-state index is -0.0312. The number of benzene rings is 1. The lowest BCUT2D eigenvalue weighted by molar-refractivity contribution is -0.116. The summed E-state index contributed by atoms with van der Waals surface area (Å²) in [4.78, 5) is 20.7. The molecule has 0 aliphatic heterocycles. The molecule has 1 aromatic heterocycles. The van der Waals surface area contributed by atoms with Gasteiger partial charge in [0.15, 0.2) is 5.96 Å². The fourth-order valence-corrected chi connectivity index (χ4v) is 3.45. The van der Waals surface area contributed by atoms with E-state index in [1.165, 1.54) is 0 Å². The Morgan fingerprint density at radius 2 is 2.00 bits per heavy atom. The molecule has 9 heteroatoms. The zero-order valence-corrected chi connectivity index (χ0v) is 20.4. The molecule has 0 spiro atoms. The van der Waals surface area contributed by atoms with E-state index in [0.29, 0.717) is 18.9 Å². The Labute approximate surface area is 189 Å². The first kappa shape index (κ1) is 23.8. The van der Waals surface area contributed by atoms with Crippen LogP contribution >= 0.6 is 51.2 Å². The molecule has 0 fully saturated rings. The van der Waals surface area contributed by atoms with E-state index >= 15 is 0 Å². The van der Waals surface area contributed by atoms with Gasteiger partial charge < -0.3 is 16.0 Å². The van der Waals surface area contributed by atoms with E-state index in [-0.39, 0.29) is 29.9 Å². The van der Waals surface area contributed by atoms with Gasteiger partial charge in [0.25, 0.3) is 0 Å². The van der Waals surface area contributed by atoms with Crippen molar-refractivity contribution in [2.45, 2.75) is 26.7 Å². The van der Waals surface area contributed by atoms with Crippen molar-refractivity contribution in [1.82, 2.24) is 15.6 Å². The number of carbonyl (C=O) groups excluding carboxylic acids is 1. The second kappa shape index (κ2) is 12.3. The summed E-state index contributed by atoms with van der Waals surface area (Å²) >= 11 is 5.08. The van der Waals surface area contributed by atoms with Crippen LogP contribution in [-0.2, 0) is 11.2 Å². The number of aryl methyl sites for hydroxylation is 2. The van der Waals surface area contributed by atoms with Crippen LogP contribution in [0.15, 0.2) is 33.0 Å². The predicted octanol–water partition coefficient (Wildman–Crippen LogP) is 3.88. The number of nitrogens with one attached hydrogen (secondary N) is 3. The Bertz CT molecular complexity index is 781. The highest BCUT2D eigenvalue weighted by molar-refractivity contribution is 14.0. The minimum absolute atomic E-state index is 0. The van der Waals surface area contributed by atoms with Crippen LogP contribution in [0.2, 0.25) is 0 Å². The van der Waals surface area contributed by atoms with Crippen LogP contribution in [0.1, 0.15) is 22.7 Å². The SMILES string of the molecule is CN=C(NCCC(=O)Nc1ccc(Br)cc1C)NCCc1csc(C)n1.I. The van der Waals surface area contributed by atoms with E-state index in [9.17, 15) is 4.79 Å². The fraction of sp³-hybridized carbons (Fsp3) is 0.389. The number of rotatable bonds is 7. The van der Waals surface area contributed by atoms with Crippen LogP contribution in [0.3, 0.4) is 0 Å². The predicted molar refractivity (Wildman–Crippen MR) is 127 cm³/mol. The molecule has 2 aromatic rings. The maximum atomic E-state index is 12.1. The third kappa shape index (κ3) is 8.56. The number of halogens is 2. The number of hydrogen-bond donors (Lipinski definition) is 3. The van der Waals surface area contributed by atoms with Crippen molar-refractivity contribution in [3.05, 3.63) is 44.3 Å². The molecule has 0 atom stereocenters. The highest BCUT2D eigenvalue weighted by Gasteiger charge is 2.06. The van der Waals surface area contributed by atoms with E-state index < -0.39 is 0 Å². The Morgan fingerprint density at radius 1 is 1.26 bits per heavy atom. The van der Waals surface area contributed by atoms with E-state index in [1.807, 2.05) is 32.0 Å². The first-order valence-corrected chi connectivity index (χ1v) is 10.1. The average Bonchev–Trinajstić information content (AvgIpc) is 3.01. The Kier molecular flexibility index (Phi) is 10.9. The summed E-state index contributed by atoms with van der Waals surface area (Å²) in [6.07, 6.45) is 1.20. The number of aliphatic imine (C=N–C) groups is 1. The topological polar surface area (TPSA) is 78.4 Å². The van der Waals surface area contributed by atoms with Crippen molar-refractivity contribution in [3.8, 4) is 0 Å². The molecule has 0 radical (unpaired) electrons. The van der Waals surface area contributed by atoms with Gasteiger partial charge >= 0.3 is 0 Å². The Balaban J connectivity index is 0.00000364. The molecular weight excluding hydrogens is 541 g/mol. The van der Waals surface area contributed by atoms with Gasteiger partial charge in [0.2, 0.25) is 5.91 Å². The van der Waals surface area contributed by atoms with E-state index in [2.05, 4.69) is 47.2 Å². The van der Waals surface area contributed by atoms with Crippen molar-refractivity contribution >= 4 is 68.8 Å². The molecule has 1 heterocycles. The maximum Gasteiger partial charge on any atom is 0.226 e. The highest BCUT2D eigenvalue weighted by atomic mass is 127. The lowest BCUT2D eigenvalue weighted by Gasteiger charge is -2.12. The second-order valence-electron chi connectivity index (χ2n) is 5.79. The van der Waals surface area contributed by atoms with Crippen LogP contribution in [-0.4, -0.2) is 37.0 Å². The fourth-order valence-electron chi connectivity index (χ4n) is 2.33. The van der Waals surface area contributed by atoms with Gasteiger partial charge in [-0.05, 0) is 37.6 Å².